The Bertz CT molecular complexity index is 1030. The van der Waals surface area contributed by atoms with Crippen molar-refractivity contribution in [3.8, 4) is 0 Å². The second kappa shape index (κ2) is 7.46. The zero-order valence-corrected chi connectivity index (χ0v) is 16.2. The molecule has 0 N–H and O–H groups in total. The number of halogens is 1. The van der Waals surface area contributed by atoms with Crippen LogP contribution in [0.4, 0.5) is 4.39 Å². The van der Waals surface area contributed by atoms with Crippen molar-refractivity contribution in [1.29, 1.82) is 0 Å². The molecule has 0 amide bonds. The van der Waals surface area contributed by atoms with E-state index in [1.54, 1.807) is 0 Å². The minimum Gasteiger partial charge on any atom is -0.419 e. The van der Waals surface area contributed by atoms with E-state index in [4.69, 9.17) is 4.42 Å². The first-order valence-electron chi connectivity index (χ1n) is 10.3. The largest absolute Gasteiger partial charge is 0.419 e. The van der Waals surface area contributed by atoms with Gasteiger partial charge >= 0.3 is 5.63 Å². The van der Waals surface area contributed by atoms with Crippen LogP contribution in [-0.4, -0.2) is 0 Å². The van der Waals surface area contributed by atoms with Gasteiger partial charge in [0.15, 0.2) is 11.4 Å². The highest BCUT2D eigenvalue weighted by molar-refractivity contribution is 6.04. The van der Waals surface area contributed by atoms with E-state index in [0.717, 1.165) is 17.7 Å². The van der Waals surface area contributed by atoms with Crippen LogP contribution >= 0.6 is 0 Å². The van der Waals surface area contributed by atoms with Gasteiger partial charge in [-0.25, -0.2) is 9.18 Å². The van der Waals surface area contributed by atoms with Crippen molar-refractivity contribution in [2.75, 3.05) is 0 Å². The van der Waals surface area contributed by atoms with Crippen LogP contribution < -0.4 is 5.63 Å². The summed E-state index contributed by atoms with van der Waals surface area (Å²) in [5, 5.41) is 2.04. The second-order valence-corrected chi connectivity index (χ2v) is 7.99. The molecule has 142 valence electrons. The summed E-state index contributed by atoms with van der Waals surface area (Å²) in [5.74, 6) is 0.960. The molecule has 3 heteroatoms. The van der Waals surface area contributed by atoms with Crippen molar-refractivity contribution >= 4 is 21.7 Å². The molecule has 0 saturated heterocycles. The molecule has 0 spiro atoms. The fourth-order valence-electron chi connectivity index (χ4n) is 4.64. The van der Waals surface area contributed by atoms with Crippen molar-refractivity contribution in [2.45, 2.75) is 64.7 Å². The van der Waals surface area contributed by atoms with Gasteiger partial charge in [-0.1, -0.05) is 51.0 Å². The van der Waals surface area contributed by atoms with Crippen LogP contribution in [0.3, 0.4) is 0 Å². The Balaban J connectivity index is 1.79. The molecule has 2 nitrogen and oxygen atoms in total. The van der Waals surface area contributed by atoms with Crippen molar-refractivity contribution in [2.24, 2.45) is 5.92 Å². The fraction of sp³-hybridized carbons (Fsp3) is 0.458. The summed E-state index contributed by atoms with van der Waals surface area (Å²) in [5.41, 5.74) is 1.48. The molecule has 0 atom stereocenters. The first-order valence-corrected chi connectivity index (χ1v) is 10.3. The molecule has 27 heavy (non-hydrogen) atoms. The molecular weight excluding hydrogens is 339 g/mol. The summed E-state index contributed by atoms with van der Waals surface area (Å²) in [4.78, 5) is 12.6. The molecule has 0 bridgehead atoms. The minimum absolute atomic E-state index is 0.0923. The van der Waals surface area contributed by atoms with Crippen LogP contribution in [0.5, 0.6) is 0 Å². The SMILES string of the molecule is CCCc1ccc2c(oc(=O)c3cc(C4CCC(CC)CC4)ccc32)c1F. The van der Waals surface area contributed by atoms with E-state index in [0.29, 0.717) is 28.7 Å². The van der Waals surface area contributed by atoms with Gasteiger partial charge in [-0.3, -0.25) is 0 Å². The highest BCUT2D eigenvalue weighted by Gasteiger charge is 2.22. The third kappa shape index (κ3) is 3.28. The summed E-state index contributed by atoms with van der Waals surface area (Å²) in [6, 6.07) is 9.79. The summed E-state index contributed by atoms with van der Waals surface area (Å²) in [7, 11) is 0. The van der Waals surface area contributed by atoms with Gasteiger partial charge in [0.25, 0.3) is 0 Å². The first-order chi connectivity index (χ1) is 13.1. The molecule has 1 saturated carbocycles. The molecule has 0 aliphatic heterocycles. The quantitative estimate of drug-likeness (QED) is 0.379. The third-order valence-corrected chi connectivity index (χ3v) is 6.34. The number of hydrogen-bond acceptors (Lipinski definition) is 2. The molecule has 1 heterocycles. The van der Waals surface area contributed by atoms with Crippen LogP contribution in [0.1, 0.15) is 69.4 Å². The standard InChI is InChI=1S/C24H27FO2/c1-3-5-17-10-13-20-19-12-11-18(16-8-6-15(4-2)7-9-16)14-21(19)24(26)27-23(20)22(17)25/h10-16H,3-9H2,1-2H3. The zero-order chi connectivity index (χ0) is 19.0. The molecule has 0 radical (unpaired) electrons. The fourth-order valence-corrected chi connectivity index (χ4v) is 4.64. The summed E-state index contributed by atoms with van der Waals surface area (Å²) in [6.07, 6.45) is 7.63. The highest BCUT2D eigenvalue weighted by Crippen LogP contribution is 2.38. The van der Waals surface area contributed by atoms with Crippen LogP contribution in [0, 0.1) is 11.7 Å². The van der Waals surface area contributed by atoms with E-state index >= 15 is 0 Å². The maximum absolute atomic E-state index is 14.8. The Morgan fingerprint density at radius 3 is 2.44 bits per heavy atom. The lowest BCUT2D eigenvalue weighted by Gasteiger charge is -2.28. The van der Waals surface area contributed by atoms with Gasteiger partial charge in [-0.15, -0.1) is 0 Å². The lowest BCUT2D eigenvalue weighted by molar-refractivity contribution is 0.319. The zero-order valence-electron chi connectivity index (χ0n) is 16.2. The molecule has 4 rings (SSSR count). The Labute approximate surface area is 159 Å². The monoisotopic (exact) mass is 366 g/mol. The maximum Gasteiger partial charge on any atom is 0.344 e. The van der Waals surface area contributed by atoms with Gasteiger partial charge in [0, 0.05) is 10.8 Å². The Morgan fingerprint density at radius 2 is 1.74 bits per heavy atom. The molecule has 1 fully saturated rings. The molecule has 1 aliphatic rings. The number of fused-ring (bicyclic) bond motifs is 3. The number of rotatable bonds is 4. The van der Waals surface area contributed by atoms with Crippen LogP contribution in [0.25, 0.3) is 21.7 Å². The van der Waals surface area contributed by atoms with Crippen LogP contribution in [0.2, 0.25) is 0 Å². The minimum atomic E-state index is -0.436. The average Bonchev–Trinajstić information content (AvgIpc) is 2.71. The molecule has 1 aromatic heterocycles. The number of aryl methyl sites for hydroxylation is 1. The number of hydrogen-bond donors (Lipinski definition) is 0. The second-order valence-electron chi connectivity index (χ2n) is 7.99. The molecule has 1 aliphatic carbocycles. The van der Waals surface area contributed by atoms with Crippen LogP contribution in [-0.2, 0) is 6.42 Å². The summed E-state index contributed by atoms with van der Waals surface area (Å²) >= 11 is 0. The van der Waals surface area contributed by atoms with E-state index in [1.165, 1.54) is 37.7 Å². The Morgan fingerprint density at radius 1 is 1.00 bits per heavy atom. The molecular formula is C24H27FO2. The van der Waals surface area contributed by atoms with Crippen molar-refractivity contribution in [1.82, 2.24) is 0 Å². The van der Waals surface area contributed by atoms with E-state index < -0.39 is 11.4 Å². The number of benzene rings is 2. The lowest BCUT2D eigenvalue weighted by atomic mass is 9.77. The van der Waals surface area contributed by atoms with Gasteiger partial charge < -0.3 is 4.42 Å². The third-order valence-electron chi connectivity index (χ3n) is 6.34. The first kappa shape index (κ1) is 18.2. The molecule has 2 aromatic carbocycles. The molecule has 3 aromatic rings. The predicted octanol–water partition coefficient (Wildman–Crippen LogP) is 6.72. The van der Waals surface area contributed by atoms with Gasteiger partial charge in [-0.05, 0) is 61.1 Å². The Kier molecular flexibility index (Phi) is 5.03. The summed E-state index contributed by atoms with van der Waals surface area (Å²) in [6.45, 7) is 4.28. The normalized spacial score (nSPS) is 20.4. The van der Waals surface area contributed by atoms with Gasteiger partial charge in [0.1, 0.15) is 0 Å². The molecule has 0 unspecified atom stereocenters. The smallest absolute Gasteiger partial charge is 0.344 e. The van der Waals surface area contributed by atoms with Gasteiger partial charge in [-0.2, -0.15) is 0 Å². The van der Waals surface area contributed by atoms with Gasteiger partial charge in [0.05, 0.1) is 5.39 Å². The van der Waals surface area contributed by atoms with E-state index in [2.05, 4.69) is 13.0 Å². The lowest BCUT2D eigenvalue weighted by Crippen LogP contribution is -2.13. The summed E-state index contributed by atoms with van der Waals surface area (Å²) < 4.78 is 20.2. The van der Waals surface area contributed by atoms with E-state index in [1.807, 2.05) is 31.2 Å². The topological polar surface area (TPSA) is 30.2 Å². The Hall–Kier alpha value is -2.16. The van der Waals surface area contributed by atoms with Crippen molar-refractivity contribution < 1.29 is 8.81 Å². The predicted molar refractivity (Wildman–Crippen MR) is 109 cm³/mol. The maximum atomic E-state index is 14.8. The van der Waals surface area contributed by atoms with Crippen LogP contribution in [0.15, 0.2) is 39.5 Å². The van der Waals surface area contributed by atoms with Crippen molar-refractivity contribution in [3.05, 3.63) is 57.7 Å². The van der Waals surface area contributed by atoms with E-state index in [9.17, 15) is 9.18 Å². The average molecular weight is 366 g/mol. The van der Waals surface area contributed by atoms with Gasteiger partial charge in [0.2, 0.25) is 0 Å². The van der Waals surface area contributed by atoms with E-state index in [-0.39, 0.29) is 5.58 Å². The van der Waals surface area contributed by atoms with Crippen molar-refractivity contribution in [3.63, 3.8) is 0 Å². The highest BCUT2D eigenvalue weighted by atomic mass is 19.1.